The number of imidazole rings is 1. The van der Waals surface area contributed by atoms with E-state index < -0.39 is 0 Å². The van der Waals surface area contributed by atoms with Crippen molar-refractivity contribution in [1.82, 2.24) is 14.5 Å². The zero-order valence-corrected chi connectivity index (χ0v) is 11.7. The first-order chi connectivity index (χ1) is 9.74. The molecule has 0 fully saturated rings. The van der Waals surface area contributed by atoms with Gasteiger partial charge in [0.1, 0.15) is 17.4 Å². The van der Waals surface area contributed by atoms with Gasteiger partial charge in [-0.25, -0.2) is 9.97 Å². The van der Waals surface area contributed by atoms with Crippen molar-refractivity contribution in [2.75, 3.05) is 0 Å². The van der Waals surface area contributed by atoms with Crippen LogP contribution in [0.5, 0.6) is 0 Å². The third-order valence-electron chi connectivity index (χ3n) is 2.92. The van der Waals surface area contributed by atoms with E-state index in [1.807, 2.05) is 18.2 Å². The number of halogens is 2. The van der Waals surface area contributed by atoms with Crippen LogP contribution >= 0.6 is 23.2 Å². The Morgan fingerprint density at radius 1 is 1.30 bits per heavy atom. The highest BCUT2D eigenvalue weighted by molar-refractivity contribution is 6.31. The van der Waals surface area contributed by atoms with E-state index in [1.165, 1.54) is 0 Å². The van der Waals surface area contributed by atoms with Gasteiger partial charge < -0.3 is 0 Å². The zero-order valence-electron chi connectivity index (χ0n) is 10.2. The standard InChI is InChI=1S/C14H8Cl2N4/c15-6-13-19-11-5-10(16)8-18-14(11)20(13)12-4-2-1-3-9(12)7-17/h1-5,8H,6H2. The molecule has 0 aliphatic carbocycles. The number of nitriles is 1. The van der Waals surface area contributed by atoms with Crippen molar-refractivity contribution in [2.24, 2.45) is 0 Å². The van der Waals surface area contributed by atoms with Gasteiger partial charge in [0.2, 0.25) is 0 Å². The number of hydrogen-bond donors (Lipinski definition) is 0. The highest BCUT2D eigenvalue weighted by atomic mass is 35.5. The number of pyridine rings is 1. The van der Waals surface area contributed by atoms with E-state index in [2.05, 4.69) is 16.0 Å². The summed E-state index contributed by atoms with van der Waals surface area (Å²) in [6.45, 7) is 0. The minimum absolute atomic E-state index is 0.216. The first-order valence-corrected chi connectivity index (χ1v) is 6.74. The van der Waals surface area contributed by atoms with Crippen molar-refractivity contribution >= 4 is 34.4 Å². The third kappa shape index (κ3) is 2.01. The SMILES string of the molecule is N#Cc1ccccc1-n1c(CCl)nc2cc(Cl)cnc21. The fourth-order valence-corrected chi connectivity index (χ4v) is 2.42. The van der Waals surface area contributed by atoms with E-state index >= 15 is 0 Å². The van der Waals surface area contributed by atoms with Crippen molar-refractivity contribution in [3.05, 3.63) is 52.9 Å². The predicted octanol–water partition coefficient (Wildman–Crippen LogP) is 3.68. The van der Waals surface area contributed by atoms with Gasteiger partial charge in [0.05, 0.1) is 22.2 Å². The zero-order chi connectivity index (χ0) is 14.1. The molecule has 98 valence electrons. The lowest BCUT2D eigenvalue weighted by Gasteiger charge is -2.08. The Labute approximate surface area is 125 Å². The number of hydrogen-bond acceptors (Lipinski definition) is 3. The molecule has 0 amide bonds. The Bertz CT molecular complexity index is 833. The Balaban J connectivity index is 2.38. The van der Waals surface area contributed by atoms with Crippen LogP contribution in [-0.2, 0) is 5.88 Å². The minimum atomic E-state index is 0.216. The second kappa shape index (κ2) is 5.12. The molecule has 0 unspecified atom stereocenters. The van der Waals surface area contributed by atoms with Crippen LogP contribution in [0.2, 0.25) is 5.02 Å². The maximum Gasteiger partial charge on any atom is 0.164 e. The number of nitrogens with zero attached hydrogens (tertiary/aromatic N) is 4. The summed E-state index contributed by atoms with van der Waals surface area (Å²) in [5.74, 6) is 0.840. The highest BCUT2D eigenvalue weighted by Gasteiger charge is 2.15. The van der Waals surface area contributed by atoms with E-state index in [4.69, 9.17) is 23.2 Å². The molecule has 0 atom stereocenters. The van der Waals surface area contributed by atoms with Gasteiger partial charge in [0.25, 0.3) is 0 Å². The molecule has 2 heterocycles. The fraction of sp³-hybridized carbons (Fsp3) is 0.0714. The van der Waals surface area contributed by atoms with Gasteiger partial charge in [-0.3, -0.25) is 4.57 Å². The topological polar surface area (TPSA) is 54.5 Å². The number of benzene rings is 1. The Hall–Kier alpha value is -2.09. The number of aromatic nitrogens is 3. The van der Waals surface area contributed by atoms with Gasteiger partial charge in [-0.05, 0) is 18.2 Å². The normalized spacial score (nSPS) is 10.7. The van der Waals surface area contributed by atoms with Crippen molar-refractivity contribution in [3.8, 4) is 11.8 Å². The van der Waals surface area contributed by atoms with Gasteiger partial charge in [0, 0.05) is 6.20 Å². The van der Waals surface area contributed by atoms with Crippen LogP contribution in [0.15, 0.2) is 36.5 Å². The summed E-state index contributed by atoms with van der Waals surface area (Å²) in [5, 5.41) is 9.75. The monoisotopic (exact) mass is 302 g/mol. The molecule has 0 bridgehead atoms. The average molecular weight is 303 g/mol. The molecule has 0 radical (unpaired) electrons. The molecule has 3 rings (SSSR count). The summed E-state index contributed by atoms with van der Waals surface area (Å²) in [4.78, 5) is 8.72. The van der Waals surface area contributed by atoms with Gasteiger partial charge in [-0.2, -0.15) is 5.26 Å². The van der Waals surface area contributed by atoms with Crippen molar-refractivity contribution in [2.45, 2.75) is 5.88 Å². The van der Waals surface area contributed by atoms with Crippen molar-refractivity contribution in [3.63, 3.8) is 0 Å². The Kier molecular flexibility index (Phi) is 3.31. The summed E-state index contributed by atoms with van der Waals surface area (Å²) >= 11 is 11.9. The molecule has 6 heteroatoms. The molecule has 2 aromatic heterocycles. The van der Waals surface area contributed by atoms with Crippen LogP contribution in [0.1, 0.15) is 11.4 Å². The second-order valence-electron chi connectivity index (χ2n) is 4.12. The van der Waals surface area contributed by atoms with E-state index in [9.17, 15) is 5.26 Å². The Morgan fingerprint density at radius 3 is 2.85 bits per heavy atom. The second-order valence-corrected chi connectivity index (χ2v) is 4.83. The Morgan fingerprint density at radius 2 is 2.10 bits per heavy atom. The van der Waals surface area contributed by atoms with E-state index in [0.29, 0.717) is 33.3 Å². The van der Waals surface area contributed by atoms with Gasteiger partial charge in [-0.15, -0.1) is 11.6 Å². The maximum atomic E-state index is 9.24. The third-order valence-corrected chi connectivity index (χ3v) is 3.36. The lowest BCUT2D eigenvalue weighted by atomic mass is 10.2. The van der Waals surface area contributed by atoms with E-state index in [0.717, 1.165) is 0 Å². The van der Waals surface area contributed by atoms with Crippen LogP contribution in [0, 0.1) is 11.3 Å². The number of para-hydroxylation sites is 1. The van der Waals surface area contributed by atoms with Crippen molar-refractivity contribution in [1.29, 1.82) is 5.26 Å². The molecule has 4 nitrogen and oxygen atoms in total. The smallest absolute Gasteiger partial charge is 0.164 e. The van der Waals surface area contributed by atoms with Gasteiger partial charge in [0.15, 0.2) is 5.65 Å². The molecule has 0 aliphatic heterocycles. The first kappa shape index (κ1) is 12.9. The first-order valence-electron chi connectivity index (χ1n) is 5.83. The molecule has 0 aliphatic rings. The summed E-state index contributed by atoms with van der Waals surface area (Å²) in [6, 6.07) is 11.1. The maximum absolute atomic E-state index is 9.24. The van der Waals surface area contributed by atoms with E-state index in [-0.39, 0.29) is 5.88 Å². The summed E-state index contributed by atoms with van der Waals surface area (Å²) in [5.41, 5.74) is 2.53. The summed E-state index contributed by atoms with van der Waals surface area (Å²) in [7, 11) is 0. The number of fused-ring (bicyclic) bond motifs is 1. The fourth-order valence-electron chi connectivity index (χ4n) is 2.09. The molecule has 20 heavy (non-hydrogen) atoms. The van der Waals surface area contributed by atoms with Crippen LogP contribution in [0.25, 0.3) is 16.9 Å². The van der Waals surface area contributed by atoms with Crippen LogP contribution < -0.4 is 0 Å². The van der Waals surface area contributed by atoms with Gasteiger partial charge in [-0.1, -0.05) is 23.7 Å². The van der Waals surface area contributed by atoms with Crippen LogP contribution in [0.4, 0.5) is 0 Å². The molecular weight excluding hydrogens is 295 g/mol. The largest absolute Gasteiger partial charge is 0.278 e. The van der Waals surface area contributed by atoms with Crippen LogP contribution in [0.3, 0.4) is 0 Å². The number of rotatable bonds is 2. The lowest BCUT2D eigenvalue weighted by molar-refractivity contribution is 0.966. The molecule has 0 saturated carbocycles. The molecule has 0 saturated heterocycles. The average Bonchev–Trinajstić information content (AvgIpc) is 2.84. The highest BCUT2D eigenvalue weighted by Crippen LogP contribution is 2.25. The molecule has 0 spiro atoms. The molecule has 3 aromatic rings. The lowest BCUT2D eigenvalue weighted by Crippen LogP contribution is -2.02. The van der Waals surface area contributed by atoms with E-state index in [1.54, 1.807) is 22.9 Å². The molecule has 1 aromatic carbocycles. The minimum Gasteiger partial charge on any atom is -0.278 e. The van der Waals surface area contributed by atoms with Crippen molar-refractivity contribution < 1.29 is 0 Å². The molecular formula is C14H8Cl2N4. The predicted molar refractivity (Wildman–Crippen MR) is 78.1 cm³/mol. The van der Waals surface area contributed by atoms with Crippen LogP contribution in [-0.4, -0.2) is 14.5 Å². The quantitative estimate of drug-likeness (QED) is 0.678. The molecule has 0 N–H and O–H groups in total. The number of alkyl halides is 1. The van der Waals surface area contributed by atoms with Gasteiger partial charge >= 0.3 is 0 Å². The summed E-state index contributed by atoms with van der Waals surface area (Å²) < 4.78 is 1.79. The summed E-state index contributed by atoms with van der Waals surface area (Å²) in [6.07, 6.45) is 1.55.